The summed E-state index contributed by atoms with van der Waals surface area (Å²) in [5, 5.41) is 0. The summed E-state index contributed by atoms with van der Waals surface area (Å²) in [6.45, 7) is 4.25. The number of ether oxygens (including phenoxy) is 4. The summed E-state index contributed by atoms with van der Waals surface area (Å²) in [5.41, 5.74) is 2.70. The fraction of sp³-hybridized carbons (Fsp3) is 0.346. The van der Waals surface area contributed by atoms with Crippen LogP contribution in [0.15, 0.2) is 57.4 Å². The van der Waals surface area contributed by atoms with Crippen LogP contribution in [0.3, 0.4) is 0 Å². The first-order chi connectivity index (χ1) is 16.5. The Hall–Kier alpha value is -2.65. The van der Waals surface area contributed by atoms with E-state index in [1.807, 2.05) is 36.4 Å². The number of nitrogens with zero attached hydrogens (tertiary/aromatic N) is 1. The fourth-order valence-electron chi connectivity index (χ4n) is 3.98. The molecule has 1 aromatic heterocycles. The predicted molar refractivity (Wildman–Crippen MR) is 132 cm³/mol. The summed E-state index contributed by atoms with van der Waals surface area (Å²) >= 11 is 3.46. The lowest BCUT2D eigenvalue weighted by Gasteiger charge is -2.26. The second-order valence-corrected chi connectivity index (χ2v) is 8.76. The third-order valence-electron chi connectivity index (χ3n) is 5.85. The molecule has 0 radical (unpaired) electrons. The molecule has 8 heteroatoms. The van der Waals surface area contributed by atoms with Crippen LogP contribution in [0.4, 0.5) is 0 Å². The van der Waals surface area contributed by atoms with Gasteiger partial charge in [0.25, 0.3) is 0 Å². The van der Waals surface area contributed by atoms with Crippen molar-refractivity contribution in [3.8, 4) is 22.8 Å². The number of halogens is 1. The summed E-state index contributed by atoms with van der Waals surface area (Å²) in [7, 11) is 4.68. The van der Waals surface area contributed by atoms with Crippen molar-refractivity contribution in [3.05, 3.63) is 69.9 Å². The van der Waals surface area contributed by atoms with E-state index in [0.29, 0.717) is 21.7 Å². The minimum atomic E-state index is -0.759. The number of carbonyl (C=O) groups excluding carboxylic acids is 1. The minimum Gasteiger partial charge on any atom is -0.495 e. The predicted octanol–water partition coefficient (Wildman–Crippen LogP) is 5.13. The number of methoxy groups -OCH3 is 3. The number of morpholine rings is 1. The lowest BCUT2D eigenvalue weighted by molar-refractivity contribution is 0.0341. The number of rotatable bonds is 9. The molecule has 0 bridgehead atoms. The molecule has 0 spiro atoms. The van der Waals surface area contributed by atoms with Gasteiger partial charge in [0.05, 0.1) is 27.4 Å². The van der Waals surface area contributed by atoms with Crippen molar-refractivity contribution < 1.29 is 28.2 Å². The van der Waals surface area contributed by atoms with Gasteiger partial charge in [-0.2, -0.15) is 0 Å². The number of carbonyl (C=O) groups is 1. The number of Topliss-reactive ketones (excluding diaryl/α,β-unsaturated/α-hetero) is 1. The largest absolute Gasteiger partial charge is 0.495 e. The van der Waals surface area contributed by atoms with Crippen molar-refractivity contribution in [2.24, 2.45) is 0 Å². The molecule has 1 aliphatic rings. The number of ketones is 1. The zero-order chi connectivity index (χ0) is 24.1. The van der Waals surface area contributed by atoms with E-state index in [4.69, 9.17) is 23.4 Å². The first kappa shape index (κ1) is 24.5. The molecule has 1 aliphatic heterocycles. The number of hydrogen-bond donors (Lipinski definition) is 0. The van der Waals surface area contributed by atoms with E-state index in [-0.39, 0.29) is 11.5 Å². The maximum atomic E-state index is 13.2. The zero-order valence-corrected chi connectivity index (χ0v) is 21.1. The highest BCUT2D eigenvalue weighted by atomic mass is 79.9. The van der Waals surface area contributed by atoms with Gasteiger partial charge in [0.2, 0.25) is 5.78 Å². The molecular formula is C26H28BrNO6. The maximum absolute atomic E-state index is 13.2. The first-order valence-electron chi connectivity index (χ1n) is 11.0. The van der Waals surface area contributed by atoms with Crippen molar-refractivity contribution in [1.29, 1.82) is 0 Å². The Bertz CT molecular complexity index is 1100. The molecule has 0 saturated carbocycles. The quantitative estimate of drug-likeness (QED) is 0.356. The normalized spacial score (nSPS) is 15.2. The van der Waals surface area contributed by atoms with E-state index in [0.717, 1.165) is 44.0 Å². The highest BCUT2D eigenvalue weighted by Gasteiger charge is 2.25. The number of benzene rings is 2. The van der Waals surface area contributed by atoms with Gasteiger partial charge < -0.3 is 23.4 Å². The average molecular weight is 530 g/mol. The lowest BCUT2D eigenvalue weighted by Crippen LogP contribution is -2.35. The summed E-state index contributed by atoms with van der Waals surface area (Å²) in [6.07, 6.45) is -0.759. The smallest absolute Gasteiger partial charge is 0.231 e. The number of furan rings is 1. The van der Waals surface area contributed by atoms with Gasteiger partial charge in [-0.1, -0.05) is 24.3 Å². The molecule has 1 atom stereocenters. The van der Waals surface area contributed by atoms with Crippen LogP contribution in [0.1, 0.15) is 27.8 Å². The average Bonchev–Trinajstić information content (AvgIpc) is 3.37. The lowest BCUT2D eigenvalue weighted by atomic mass is 10.0. The SMILES string of the molecule is COc1cc(-c2ccc(C(=O)C(OC)c3ccc(CN4CCOCC4)cc3)o2)cc(OC)c1Br. The molecule has 0 amide bonds. The molecule has 1 fully saturated rings. The summed E-state index contributed by atoms with van der Waals surface area (Å²) < 4.78 is 28.4. The van der Waals surface area contributed by atoms with Crippen LogP contribution in [0.25, 0.3) is 11.3 Å². The van der Waals surface area contributed by atoms with Crippen LogP contribution in [-0.4, -0.2) is 58.3 Å². The Labute approximate surface area is 207 Å². The Morgan fingerprint density at radius 3 is 2.24 bits per heavy atom. The van der Waals surface area contributed by atoms with Crippen LogP contribution in [0, 0.1) is 0 Å². The van der Waals surface area contributed by atoms with Gasteiger partial charge in [-0.05, 0) is 51.3 Å². The van der Waals surface area contributed by atoms with Gasteiger partial charge in [0.15, 0.2) is 5.76 Å². The molecule has 7 nitrogen and oxygen atoms in total. The molecule has 3 aromatic rings. The zero-order valence-electron chi connectivity index (χ0n) is 19.5. The highest BCUT2D eigenvalue weighted by molar-refractivity contribution is 9.10. The molecular weight excluding hydrogens is 502 g/mol. The number of hydrogen-bond acceptors (Lipinski definition) is 7. The molecule has 4 rings (SSSR count). The van der Waals surface area contributed by atoms with Crippen LogP contribution in [0.2, 0.25) is 0 Å². The van der Waals surface area contributed by atoms with E-state index in [1.165, 1.54) is 12.7 Å². The van der Waals surface area contributed by atoms with E-state index in [2.05, 4.69) is 20.8 Å². The Morgan fingerprint density at radius 1 is 1.00 bits per heavy atom. The Morgan fingerprint density at radius 2 is 1.65 bits per heavy atom. The molecule has 1 saturated heterocycles. The van der Waals surface area contributed by atoms with Crippen LogP contribution in [0.5, 0.6) is 11.5 Å². The van der Waals surface area contributed by atoms with Gasteiger partial charge in [-0.25, -0.2) is 0 Å². The van der Waals surface area contributed by atoms with E-state index >= 15 is 0 Å². The van der Waals surface area contributed by atoms with Crippen molar-refractivity contribution in [1.82, 2.24) is 4.90 Å². The molecule has 0 N–H and O–H groups in total. The van der Waals surface area contributed by atoms with Crippen LogP contribution in [-0.2, 0) is 16.0 Å². The second-order valence-electron chi connectivity index (χ2n) is 7.97. The van der Waals surface area contributed by atoms with E-state index < -0.39 is 6.10 Å². The monoisotopic (exact) mass is 529 g/mol. The van der Waals surface area contributed by atoms with Gasteiger partial charge in [0, 0.05) is 32.3 Å². The fourth-order valence-corrected chi connectivity index (χ4v) is 4.53. The topological polar surface area (TPSA) is 70.4 Å². The van der Waals surface area contributed by atoms with Gasteiger partial charge in [0.1, 0.15) is 27.8 Å². The second kappa shape index (κ2) is 11.2. The standard InChI is InChI=1S/C26H28BrNO6/c1-30-22-14-19(15-23(31-2)24(22)27)20-8-9-21(34-20)25(29)26(32-3)18-6-4-17(5-7-18)16-28-10-12-33-13-11-28/h4-9,14-15,26H,10-13,16H2,1-3H3. The molecule has 2 aromatic carbocycles. The van der Waals surface area contributed by atoms with Crippen molar-refractivity contribution in [2.45, 2.75) is 12.6 Å². The first-order valence-corrected chi connectivity index (χ1v) is 11.8. The summed E-state index contributed by atoms with van der Waals surface area (Å²) in [6, 6.07) is 15.0. The van der Waals surface area contributed by atoms with Gasteiger partial charge in [-0.15, -0.1) is 0 Å². The third-order valence-corrected chi connectivity index (χ3v) is 6.63. The molecule has 0 aliphatic carbocycles. The summed E-state index contributed by atoms with van der Waals surface area (Å²) in [5.74, 6) is 1.71. The highest BCUT2D eigenvalue weighted by Crippen LogP contribution is 2.39. The van der Waals surface area contributed by atoms with Crippen molar-refractivity contribution >= 4 is 21.7 Å². The van der Waals surface area contributed by atoms with Crippen molar-refractivity contribution in [3.63, 3.8) is 0 Å². The Balaban J connectivity index is 1.51. The van der Waals surface area contributed by atoms with Crippen molar-refractivity contribution in [2.75, 3.05) is 47.6 Å². The van der Waals surface area contributed by atoms with Gasteiger partial charge in [-0.3, -0.25) is 9.69 Å². The third kappa shape index (κ3) is 5.36. The van der Waals surface area contributed by atoms with Gasteiger partial charge >= 0.3 is 0 Å². The maximum Gasteiger partial charge on any atom is 0.231 e. The van der Waals surface area contributed by atoms with E-state index in [1.54, 1.807) is 26.4 Å². The molecule has 2 heterocycles. The van der Waals surface area contributed by atoms with Crippen LogP contribution < -0.4 is 9.47 Å². The molecule has 1 unspecified atom stereocenters. The molecule has 180 valence electrons. The van der Waals surface area contributed by atoms with Crippen LogP contribution >= 0.6 is 15.9 Å². The molecule has 34 heavy (non-hydrogen) atoms. The summed E-state index contributed by atoms with van der Waals surface area (Å²) in [4.78, 5) is 15.6. The minimum absolute atomic E-state index is 0.222. The Kier molecular flexibility index (Phi) is 8.05. The van der Waals surface area contributed by atoms with E-state index in [9.17, 15) is 4.79 Å².